The van der Waals surface area contributed by atoms with Crippen LogP contribution in [-0.2, 0) is 6.54 Å². The summed E-state index contributed by atoms with van der Waals surface area (Å²) in [7, 11) is 1.75. The van der Waals surface area contributed by atoms with Crippen LogP contribution in [-0.4, -0.2) is 44.9 Å². The van der Waals surface area contributed by atoms with Crippen LogP contribution in [0.4, 0.5) is 8.78 Å². The highest BCUT2D eigenvalue weighted by molar-refractivity contribution is 5.98. The second-order valence-corrected chi connectivity index (χ2v) is 10.0. The molecule has 37 heavy (non-hydrogen) atoms. The molecule has 1 amide bonds. The minimum absolute atomic E-state index is 0.0402. The summed E-state index contributed by atoms with van der Waals surface area (Å²) in [6, 6.07) is 13.2. The van der Waals surface area contributed by atoms with Gasteiger partial charge in [0.2, 0.25) is 0 Å². The predicted molar refractivity (Wildman–Crippen MR) is 133 cm³/mol. The molecule has 2 atom stereocenters. The van der Waals surface area contributed by atoms with Gasteiger partial charge in [0.1, 0.15) is 11.4 Å². The SMILES string of the molecule is CN1C(=O)c2cccc(OC(F)F)c2C2CC1c1nc3ccc(-c4ccc(CNC5CC5)nc4)cn3c12. The molecule has 0 saturated heterocycles. The van der Waals surface area contributed by atoms with Crippen molar-refractivity contribution >= 4 is 11.6 Å². The number of hydrogen-bond donors (Lipinski definition) is 1. The van der Waals surface area contributed by atoms with E-state index in [4.69, 9.17) is 9.72 Å². The maximum absolute atomic E-state index is 13.3. The molecule has 4 aromatic rings. The molecule has 7 rings (SSSR count). The minimum atomic E-state index is -2.98. The number of hydrogen-bond acceptors (Lipinski definition) is 5. The number of nitrogens with one attached hydrogen (secondary N) is 1. The number of benzene rings is 1. The Bertz CT molecular complexity index is 1530. The standard InChI is InChI=1S/C28H25F2N5O2/c1-34-21-11-20(24-19(27(34)36)3-2-4-22(24)37-28(29)30)26-25(21)33-23-10-6-16(14-35(23)26)15-5-7-18(31-12-15)13-32-17-8-9-17/h2-7,10,12,14,17,20-21,28,32H,8-9,11,13H2,1H3. The summed E-state index contributed by atoms with van der Waals surface area (Å²) >= 11 is 0. The quantitative estimate of drug-likeness (QED) is 0.407. The van der Waals surface area contributed by atoms with E-state index >= 15 is 0 Å². The Balaban J connectivity index is 1.32. The van der Waals surface area contributed by atoms with Crippen molar-refractivity contribution in [2.45, 2.75) is 50.4 Å². The predicted octanol–water partition coefficient (Wildman–Crippen LogP) is 4.91. The van der Waals surface area contributed by atoms with Crippen molar-refractivity contribution in [2.75, 3.05) is 7.05 Å². The number of pyridine rings is 2. The molecule has 2 aliphatic carbocycles. The molecule has 1 aliphatic heterocycles. The van der Waals surface area contributed by atoms with Gasteiger partial charge in [-0.15, -0.1) is 0 Å². The lowest BCUT2D eigenvalue weighted by Gasteiger charge is -2.24. The average molecular weight is 502 g/mol. The molecule has 4 heterocycles. The smallest absolute Gasteiger partial charge is 0.387 e. The fraction of sp³-hybridized carbons (Fsp3) is 0.321. The van der Waals surface area contributed by atoms with Gasteiger partial charge < -0.3 is 19.4 Å². The van der Waals surface area contributed by atoms with Crippen LogP contribution in [0.3, 0.4) is 0 Å². The fourth-order valence-corrected chi connectivity index (χ4v) is 5.74. The largest absolute Gasteiger partial charge is 0.434 e. The van der Waals surface area contributed by atoms with Gasteiger partial charge in [-0.05, 0) is 49.6 Å². The summed E-state index contributed by atoms with van der Waals surface area (Å²) < 4.78 is 33.6. The van der Waals surface area contributed by atoms with Crippen LogP contribution < -0.4 is 10.1 Å². The van der Waals surface area contributed by atoms with Crippen LogP contribution in [0.5, 0.6) is 5.75 Å². The Hall–Kier alpha value is -3.85. The number of nitrogens with zero attached hydrogens (tertiary/aromatic N) is 4. The third-order valence-corrected chi connectivity index (χ3v) is 7.74. The number of aromatic nitrogens is 3. The molecule has 3 aliphatic rings. The van der Waals surface area contributed by atoms with Crippen molar-refractivity contribution < 1.29 is 18.3 Å². The highest BCUT2D eigenvalue weighted by atomic mass is 19.3. The van der Waals surface area contributed by atoms with Crippen molar-refractivity contribution in [2.24, 2.45) is 0 Å². The number of amides is 1. The molecule has 3 aromatic heterocycles. The third-order valence-electron chi connectivity index (χ3n) is 7.74. The Morgan fingerprint density at radius 3 is 2.73 bits per heavy atom. The zero-order valence-electron chi connectivity index (χ0n) is 20.2. The van der Waals surface area contributed by atoms with Crippen LogP contribution in [0.25, 0.3) is 16.8 Å². The Labute approximate surface area is 212 Å². The molecular formula is C28H25F2N5O2. The Morgan fingerprint density at radius 2 is 1.97 bits per heavy atom. The molecular weight excluding hydrogens is 476 g/mol. The molecule has 188 valence electrons. The van der Waals surface area contributed by atoms with E-state index in [1.165, 1.54) is 18.9 Å². The number of carbonyl (C=O) groups excluding carboxylic acids is 1. The van der Waals surface area contributed by atoms with E-state index in [1.54, 1.807) is 24.1 Å². The van der Waals surface area contributed by atoms with Gasteiger partial charge in [-0.3, -0.25) is 9.78 Å². The topological polar surface area (TPSA) is 71.8 Å². The summed E-state index contributed by atoms with van der Waals surface area (Å²) in [6.45, 7) is -2.22. The number of halogens is 2. The van der Waals surface area contributed by atoms with Gasteiger partial charge in [0, 0.05) is 60.2 Å². The highest BCUT2D eigenvalue weighted by Crippen LogP contribution is 2.52. The third kappa shape index (κ3) is 3.68. The number of fused-ring (bicyclic) bond motifs is 9. The molecule has 1 aromatic carbocycles. The first kappa shape index (κ1) is 22.4. The summed E-state index contributed by atoms with van der Waals surface area (Å²) in [4.78, 5) is 24.5. The van der Waals surface area contributed by atoms with E-state index in [0.29, 0.717) is 23.6 Å². The van der Waals surface area contributed by atoms with Crippen LogP contribution >= 0.6 is 0 Å². The van der Waals surface area contributed by atoms with Gasteiger partial charge in [0.15, 0.2) is 0 Å². The molecule has 1 fully saturated rings. The second kappa shape index (κ2) is 8.34. The first-order valence-electron chi connectivity index (χ1n) is 12.5. The lowest BCUT2D eigenvalue weighted by molar-refractivity contribution is -0.0506. The van der Waals surface area contributed by atoms with Gasteiger partial charge >= 0.3 is 6.61 Å². The minimum Gasteiger partial charge on any atom is -0.434 e. The zero-order valence-corrected chi connectivity index (χ0v) is 20.2. The first-order chi connectivity index (χ1) is 18.0. The number of carbonyl (C=O) groups is 1. The van der Waals surface area contributed by atoms with Crippen molar-refractivity contribution in [3.05, 3.63) is 83.1 Å². The van der Waals surface area contributed by atoms with Crippen molar-refractivity contribution in [3.8, 4) is 16.9 Å². The van der Waals surface area contributed by atoms with Gasteiger partial charge in [-0.2, -0.15) is 8.78 Å². The zero-order chi connectivity index (χ0) is 25.3. The summed E-state index contributed by atoms with van der Waals surface area (Å²) in [6.07, 6.45) is 6.93. The lowest BCUT2D eigenvalue weighted by atomic mass is 9.91. The number of ether oxygens (including phenoxy) is 1. The van der Waals surface area contributed by atoms with E-state index in [-0.39, 0.29) is 23.6 Å². The molecule has 1 N–H and O–H groups in total. The van der Waals surface area contributed by atoms with Gasteiger partial charge in [-0.1, -0.05) is 12.1 Å². The Kier molecular flexibility index (Phi) is 5.04. The van der Waals surface area contributed by atoms with Gasteiger partial charge in [0.25, 0.3) is 5.91 Å². The highest BCUT2D eigenvalue weighted by Gasteiger charge is 2.46. The number of alkyl halides is 2. The van der Waals surface area contributed by atoms with Crippen molar-refractivity contribution in [1.82, 2.24) is 24.6 Å². The molecule has 9 heteroatoms. The van der Waals surface area contributed by atoms with E-state index in [1.807, 2.05) is 35.0 Å². The van der Waals surface area contributed by atoms with E-state index in [0.717, 1.165) is 40.4 Å². The average Bonchev–Trinajstić information content (AvgIpc) is 3.58. The van der Waals surface area contributed by atoms with Crippen LogP contribution in [0.1, 0.15) is 64.2 Å². The van der Waals surface area contributed by atoms with Crippen LogP contribution in [0.2, 0.25) is 0 Å². The maximum atomic E-state index is 13.3. The van der Waals surface area contributed by atoms with Crippen LogP contribution in [0.15, 0.2) is 54.9 Å². The second-order valence-electron chi connectivity index (χ2n) is 10.0. The fourth-order valence-electron chi connectivity index (χ4n) is 5.74. The monoisotopic (exact) mass is 501 g/mol. The maximum Gasteiger partial charge on any atom is 0.387 e. The molecule has 2 bridgehead atoms. The molecule has 1 saturated carbocycles. The van der Waals surface area contributed by atoms with Crippen molar-refractivity contribution in [1.29, 1.82) is 0 Å². The number of rotatable bonds is 6. The summed E-state index contributed by atoms with van der Waals surface area (Å²) in [5.74, 6) is -0.482. The Morgan fingerprint density at radius 1 is 1.14 bits per heavy atom. The molecule has 0 radical (unpaired) electrons. The normalized spacial score (nSPS) is 20.3. The van der Waals surface area contributed by atoms with Crippen molar-refractivity contribution in [3.63, 3.8) is 0 Å². The van der Waals surface area contributed by atoms with E-state index in [9.17, 15) is 13.6 Å². The van der Waals surface area contributed by atoms with E-state index in [2.05, 4.69) is 16.4 Å². The van der Waals surface area contributed by atoms with Gasteiger partial charge in [-0.25, -0.2) is 4.98 Å². The molecule has 2 unspecified atom stereocenters. The number of imidazole rings is 1. The molecule has 7 nitrogen and oxygen atoms in total. The van der Waals surface area contributed by atoms with Gasteiger partial charge in [0.05, 0.1) is 23.1 Å². The van der Waals surface area contributed by atoms with E-state index < -0.39 is 6.61 Å². The molecule has 0 spiro atoms. The van der Waals surface area contributed by atoms with Crippen LogP contribution in [0, 0.1) is 0 Å². The lowest BCUT2D eigenvalue weighted by Crippen LogP contribution is -2.30. The summed E-state index contributed by atoms with van der Waals surface area (Å²) in [5.41, 5.74) is 6.31. The summed E-state index contributed by atoms with van der Waals surface area (Å²) in [5, 5.41) is 3.48. The first-order valence-corrected chi connectivity index (χ1v) is 12.5.